The van der Waals surface area contributed by atoms with E-state index in [9.17, 15) is 4.39 Å². The summed E-state index contributed by atoms with van der Waals surface area (Å²) < 4.78 is 14.2. The number of rotatable bonds is 6. The maximum Gasteiger partial charge on any atom is 0.128 e. The van der Waals surface area contributed by atoms with Crippen molar-refractivity contribution in [3.8, 4) is 0 Å². The van der Waals surface area contributed by atoms with Crippen molar-refractivity contribution in [1.29, 1.82) is 0 Å². The molecule has 0 atom stereocenters. The van der Waals surface area contributed by atoms with Crippen LogP contribution in [0.1, 0.15) is 28.8 Å². The van der Waals surface area contributed by atoms with Crippen LogP contribution in [0.15, 0.2) is 35.7 Å². The first-order valence-corrected chi connectivity index (χ1v) is 8.27. The number of halogens is 1. The van der Waals surface area contributed by atoms with Crippen molar-refractivity contribution in [1.82, 2.24) is 4.90 Å². The predicted octanol–water partition coefficient (Wildman–Crippen LogP) is 3.69. The van der Waals surface area contributed by atoms with Crippen molar-refractivity contribution in [2.24, 2.45) is 5.73 Å². The molecular weight excluding hydrogens is 303 g/mol. The Morgan fingerprint density at radius 2 is 2.14 bits per heavy atom. The normalized spacial score (nSPS) is 14.6. The Balaban J connectivity index is 1.75. The number of nitrogens with two attached hydrogens (primary N) is 1. The first kappa shape index (κ1) is 14.6. The molecule has 1 fully saturated rings. The lowest BCUT2D eigenvalue weighted by Crippen LogP contribution is -2.25. The van der Waals surface area contributed by atoms with Crippen molar-refractivity contribution in [3.63, 3.8) is 0 Å². The molecule has 3 rings (SSSR count). The van der Waals surface area contributed by atoms with Crippen LogP contribution < -0.4 is 5.73 Å². The Labute approximate surface area is 133 Å². The number of hydrogen-bond acceptors (Lipinski definition) is 3. The summed E-state index contributed by atoms with van der Waals surface area (Å²) in [4.78, 5) is 3.91. The molecule has 110 valence electrons. The van der Waals surface area contributed by atoms with Crippen LogP contribution in [0.5, 0.6) is 0 Å². The van der Waals surface area contributed by atoms with Gasteiger partial charge in [-0.25, -0.2) is 4.39 Å². The van der Waals surface area contributed by atoms with E-state index >= 15 is 0 Å². The van der Waals surface area contributed by atoms with E-state index < -0.39 is 0 Å². The van der Waals surface area contributed by atoms with Gasteiger partial charge in [-0.1, -0.05) is 30.4 Å². The van der Waals surface area contributed by atoms with Gasteiger partial charge in [0.2, 0.25) is 0 Å². The van der Waals surface area contributed by atoms with E-state index in [1.54, 1.807) is 23.5 Å². The van der Waals surface area contributed by atoms with Gasteiger partial charge in [-0.3, -0.25) is 4.90 Å². The third kappa shape index (κ3) is 3.67. The van der Waals surface area contributed by atoms with Crippen molar-refractivity contribution in [3.05, 3.63) is 57.5 Å². The average molecular weight is 320 g/mol. The van der Waals surface area contributed by atoms with Gasteiger partial charge in [0.25, 0.3) is 0 Å². The zero-order chi connectivity index (χ0) is 14.8. The maximum absolute atomic E-state index is 14.2. The summed E-state index contributed by atoms with van der Waals surface area (Å²) in [5, 5.41) is 2.08. The molecule has 2 aromatic rings. The summed E-state index contributed by atoms with van der Waals surface area (Å²) in [5.74, 6) is -0.225. The molecule has 2 nitrogen and oxygen atoms in total. The summed E-state index contributed by atoms with van der Waals surface area (Å²) in [6, 6.07) is 9.81. The van der Waals surface area contributed by atoms with Gasteiger partial charge in [0.1, 0.15) is 10.8 Å². The second kappa shape index (κ2) is 6.22. The van der Waals surface area contributed by atoms with E-state index in [2.05, 4.69) is 22.4 Å². The van der Waals surface area contributed by atoms with Crippen molar-refractivity contribution in [2.75, 3.05) is 0 Å². The van der Waals surface area contributed by atoms with Crippen LogP contribution in [0, 0.1) is 5.82 Å². The van der Waals surface area contributed by atoms with Crippen LogP contribution in [0.3, 0.4) is 0 Å². The minimum atomic E-state index is -0.225. The molecule has 0 bridgehead atoms. The molecule has 21 heavy (non-hydrogen) atoms. The molecule has 0 unspecified atom stereocenters. The topological polar surface area (TPSA) is 29.3 Å². The summed E-state index contributed by atoms with van der Waals surface area (Å²) in [6.07, 6.45) is 2.41. The minimum absolute atomic E-state index is 0.225. The average Bonchev–Trinajstić information content (AvgIpc) is 3.18. The predicted molar refractivity (Wildman–Crippen MR) is 88.9 cm³/mol. The lowest BCUT2D eigenvalue weighted by molar-refractivity contribution is 0.244. The third-order valence-electron chi connectivity index (χ3n) is 3.71. The van der Waals surface area contributed by atoms with Crippen LogP contribution in [0.2, 0.25) is 0 Å². The highest BCUT2D eigenvalue weighted by atomic mass is 32.1. The molecule has 1 aromatic carbocycles. The molecule has 0 radical (unpaired) electrons. The summed E-state index contributed by atoms with van der Waals surface area (Å²) >= 11 is 6.63. The van der Waals surface area contributed by atoms with Gasteiger partial charge in [-0.2, -0.15) is 0 Å². The highest BCUT2D eigenvalue weighted by molar-refractivity contribution is 7.80. The molecule has 1 aliphatic carbocycles. The van der Waals surface area contributed by atoms with Crippen LogP contribution in [-0.4, -0.2) is 15.9 Å². The Hall–Kier alpha value is -1.30. The molecule has 0 spiro atoms. The van der Waals surface area contributed by atoms with E-state index in [1.807, 2.05) is 0 Å². The third-order valence-corrected chi connectivity index (χ3v) is 4.81. The van der Waals surface area contributed by atoms with E-state index in [-0.39, 0.29) is 10.8 Å². The summed E-state index contributed by atoms with van der Waals surface area (Å²) in [7, 11) is 0. The molecule has 1 saturated carbocycles. The fourth-order valence-corrected chi connectivity index (χ4v) is 3.26. The largest absolute Gasteiger partial charge is 0.389 e. The highest BCUT2D eigenvalue weighted by Gasteiger charge is 2.29. The maximum atomic E-state index is 14.2. The molecule has 1 aromatic heterocycles. The van der Waals surface area contributed by atoms with E-state index in [1.165, 1.54) is 23.8 Å². The Kier molecular flexibility index (Phi) is 4.33. The highest BCUT2D eigenvalue weighted by Crippen LogP contribution is 2.31. The standard InChI is InChI=1S/C16H17FN2S2/c17-15-8-11(16(18)20)3-4-12(15)9-19(13-5-6-13)10-14-2-1-7-21-14/h1-4,7-8,13H,5-6,9-10H2,(H2,18,20). The Bertz CT molecular complexity index is 636. The van der Waals surface area contributed by atoms with Crippen LogP contribution >= 0.6 is 23.6 Å². The zero-order valence-corrected chi connectivity index (χ0v) is 13.2. The molecule has 0 aliphatic heterocycles. The second-order valence-electron chi connectivity index (χ2n) is 5.39. The molecule has 0 amide bonds. The monoisotopic (exact) mass is 320 g/mol. The van der Waals surface area contributed by atoms with Gasteiger partial charge < -0.3 is 5.73 Å². The van der Waals surface area contributed by atoms with Gasteiger partial charge in [0.15, 0.2) is 0 Å². The molecule has 2 N–H and O–H groups in total. The van der Waals surface area contributed by atoms with Crippen LogP contribution in [0.25, 0.3) is 0 Å². The second-order valence-corrected chi connectivity index (χ2v) is 6.86. The van der Waals surface area contributed by atoms with Gasteiger partial charge in [0, 0.05) is 35.1 Å². The Morgan fingerprint density at radius 3 is 2.71 bits per heavy atom. The van der Waals surface area contributed by atoms with Gasteiger partial charge in [0.05, 0.1) is 0 Å². The van der Waals surface area contributed by atoms with Crippen LogP contribution in [0.4, 0.5) is 4.39 Å². The fraction of sp³-hybridized carbons (Fsp3) is 0.312. The van der Waals surface area contributed by atoms with Crippen molar-refractivity contribution < 1.29 is 4.39 Å². The number of thiocarbonyl (C=S) groups is 1. The molecule has 1 aliphatic rings. The van der Waals surface area contributed by atoms with E-state index in [4.69, 9.17) is 18.0 Å². The van der Waals surface area contributed by atoms with Crippen molar-refractivity contribution >= 4 is 28.5 Å². The lowest BCUT2D eigenvalue weighted by atomic mass is 10.1. The number of benzene rings is 1. The SMILES string of the molecule is NC(=S)c1ccc(CN(Cc2cccs2)C2CC2)c(F)c1. The lowest BCUT2D eigenvalue weighted by Gasteiger charge is -2.21. The quantitative estimate of drug-likeness (QED) is 0.823. The number of thiophene rings is 1. The molecule has 1 heterocycles. The van der Waals surface area contributed by atoms with Crippen LogP contribution in [-0.2, 0) is 13.1 Å². The van der Waals surface area contributed by atoms with E-state index in [0.717, 1.165) is 6.54 Å². The fourth-order valence-electron chi connectivity index (χ4n) is 2.40. The van der Waals surface area contributed by atoms with Gasteiger partial charge in [-0.05, 0) is 30.4 Å². The molecular formula is C16H17FN2S2. The van der Waals surface area contributed by atoms with Gasteiger partial charge in [-0.15, -0.1) is 11.3 Å². The Morgan fingerprint density at radius 1 is 1.33 bits per heavy atom. The first-order valence-electron chi connectivity index (χ1n) is 6.98. The number of hydrogen-bond donors (Lipinski definition) is 1. The van der Waals surface area contributed by atoms with Crippen molar-refractivity contribution in [2.45, 2.75) is 32.0 Å². The zero-order valence-electron chi connectivity index (χ0n) is 11.6. The molecule has 5 heteroatoms. The van der Waals surface area contributed by atoms with Gasteiger partial charge >= 0.3 is 0 Å². The molecule has 0 saturated heterocycles. The summed E-state index contributed by atoms with van der Waals surface area (Å²) in [6.45, 7) is 1.52. The summed E-state index contributed by atoms with van der Waals surface area (Å²) in [5.41, 5.74) is 6.83. The first-order chi connectivity index (χ1) is 10.1. The number of nitrogens with zero attached hydrogens (tertiary/aromatic N) is 1. The van der Waals surface area contributed by atoms with E-state index in [0.29, 0.717) is 23.7 Å². The minimum Gasteiger partial charge on any atom is -0.389 e. The smallest absolute Gasteiger partial charge is 0.128 e.